The quantitative estimate of drug-likeness (QED) is 0.191. The van der Waals surface area contributed by atoms with Crippen molar-refractivity contribution in [1.29, 1.82) is 0 Å². The number of nitro benzene ring substituents is 1. The van der Waals surface area contributed by atoms with Gasteiger partial charge in [-0.25, -0.2) is 4.99 Å². The number of non-ortho nitro benzene ring substituents is 1. The van der Waals surface area contributed by atoms with Crippen molar-refractivity contribution in [2.75, 3.05) is 0 Å². The monoisotopic (exact) mass is 508 g/mol. The number of thiazole rings is 1. The zero-order chi connectivity index (χ0) is 23.7. The van der Waals surface area contributed by atoms with Gasteiger partial charge in [-0.15, -0.1) is 11.3 Å². The van der Waals surface area contributed by atoms with Gasteiger partial charge in [-0.3, -0.25) is 10.1 Å². The van der Waals surface area contributed by atoms with Crippen LogP contribution in [0, 0.1) is 10.1 Å². The predicted molar refractivity (Wildman–Crippen MR) is 138 cm³/mol. The van der Waals surface area contributed by atoms with Gasteiger partial charge in [0.1, 0.15) is 0 Å². The third kappa shape index (κ3) is 4.50. The highest BCUT2D eigenvalue weighted by molar-refractivity contribution is 7.07. The molecule has 5 rings (SSSR count). The molecule has 0 unspecified atom stereocenters. The molecule has 0 saturated carbocycles. The second kappa shape index (κ2) is 9.46. The van der Waals surface area contributed by atoms with E-state index < -0.39 is 0 Å². The first-order valence-corrected chi connectivity index (χ1v) is 12.1. The van der Waals surface area contributed by atoms with Gasteiger partial charge in [0.2, 0.25) is 0 Å². The summed E-state index contributed by atoms with van der Waals surface area (Å²) in [5, 5.41) is 15.4. The van der Waals surface area contributed by atoms with E-state index in [9.17, 15) is 10.1 Å². The molecule has 5 aromatic rings. The maximum atomic E-state index is 11.3. The van der Waals surface area contributed by atoms with Crippen LogP contribution in [-0.4, -0.2) is 14.5 Å². The molecule has 0 aliphatic carbocycles. The van der Waals surface area contributed by atoms with Crippen LogP contribution in [0.25, 0.3) is 22.2 Å². The molecule has 3 aromatic carbocycles. The number of halogens is 2. The second-order valence-electron chi connectivity index (χ2n) is 7.68. The van der Waals surface area contributed by atoms with Crippen LogP contribution in [0.2, 0.25) is 10.0 Å². The Labute approximate surface area is 208 Å². The Morgan fingerprint density at radius 1 is 1.03 bits per heavy atom. The number of aromatic nitrogens is 2. The smallest absolute Gasteiger partial charge is 0.270 e. The van der Waals surface area contributed by atoms with Gasteiger partial charge in [-0.2, -0.15) is 0 Å². The minimum absolute atomic E-state index is 0.0508. The number of hydrogen-bond acceptors (Lipinski definition) is 4. The molecule has 2 heterocycles. The van der Waals surface area contributed by atoms with Crippen molar-refractivity contribution in [1.82, 2.24) is 9.55 Å². The lowest BCUT2D eigenvalue weighted by Gasteiger charge is -2.09. The number of aryl methyl sites for hydroxylation is 1. The highest BCUT2D eigenvalue weighted by Crippen LogP contribution is 2.28. The molecule has 0 aliphatic rings. The van der Waals surface area contributed by atoms with E-state index in [2.05, 4.69) is 21.7 Å². The average molecular weight is 509 g/mol. The first kappa shape index (κ1) is 22.4. The van der Waals surface area contributed by atoms with Crippen LogP contribution in [0.1, 0.15) is 5.56 Å². The van der Waals surface area contributed by atoms with E-state index in [1.165, 1.54) is 28.4 Å². The van der Waals surface area contributed by atoms with Crippen LogP contribution in [0.3, 0.4) is 0 Å². The topological polar surface area (TPSA) is 76.2 Å². The predicted octanol–water partition coefficient (Wildman–Crippen LogP) is 7.39. The molecule has 0 radical (unpaired) electrons. The molecule has 34 heavy (non-hydrogen) atoms. The van der Waals surface area contributed by atoms with E-state index in [4.69, 9.17) is 28.2 Å². The molecule has 9 heteroatoms. The molecule has 170 valence electrons. The molecule has 0 amide bonds. The molecule has 2 aromatic heterocycles. The third-order valence-corrected chi connectivity index (χ3v) is 7.16. The lowest BCUT2D eigenvalue weighted by Crippen LogP contribution is -2.17. The fourth-order valence-electron chi connectivity index (χ4n) is 3.88. The fraction of sp³-hybridized carbons (Fsp3) is 0.0800. The van der Waals surface area contributed by atoms with Crippen LogP contribution < -0.4 is 4.80 Å². The summed E-state index contributed by atoms with van der Waals surface area (Å²) in [6.07, 6.45) is 2.79. The lowest BCUT2D eigenvalue weighted by molar-refractivity contribution is -0.384. The Bertz CT molecular complexity index is 1590. The van der Waals surface area contributed by atoms with Crippen LogP contribution in [-0.2, 0) is 13.0 Å². The van der Waals surface area contributed by atoms with E-state index in [-0.39, 0.29) is 10.6 Å². The molecule has 0 spiro atoms. The average Bonchev–Trinajstić information content (AvgIpc) is 3.44. The molecule has 0 atom stereocenters. The fourth-order valence-corrected chi connectivity index (χ4v) is 5.13. The molecule has 0 fully saturated rings. The zero-order valence-electron chi connectivity index (χ0n) is 17.7. The number of H-pyrrole nitrogens is 1. The number of nitrogens with zero attached hydrogens (tertiary/aromatic N) is 3. The number of para-hydroxylation sites is 1. The molecule has 0 aliphatic heterocycles. The normalized spacial score (nSPS) is 11.9. The van der Waals surface area contributed by atoms with Gasteiger partial charge in [0.15, 0.2) is 4.80 Å². The summed E-state index contributed by atoms with van der Waals surface area (Å²) >= 11 is 13.7. The summed E-state index contributed by atoms with van der Waals surface area (Å²) in [6.45, 7) is 0.642. The molecule has 0 saturated heterocycles. The SMILES string of the molecule is O=[N+]([O-])c1cccc(-c2csc(=Nc3ccc(Cl)c(Cl)c3)n2CCc2c[nH]c3ccccc23)c1. The van der Waals surface area contributed by atoms with Crippen molar-refractivity contribution in [3.63, 3.8) is 0 Å². The number of benzene rings is 3. The summed E-state index contributed by atoms with van der Waals surface area (Å²) in [6, 6.07) is 20.1. The third-order valence-electron chi connectivity index (χ3n) is 5.56. The highest BCUT2D eigenvalue weighted by atomic mass is 35.5. The van der Waals surface area contributed by atoms with Gasteiger partial charge in [0, 0.05) is 46.7 Å². The summed E-state index contributed by atoms with van der Waals surface area (Å²) < 4.78 is 2.09. The minimum atomic E-state index is -0.382. The van der Waals surface area contributed by atoms with Gasteiger partial charge >= 0.3 is 0 Å². The van der Waals surface area contributed by atoms with Crippen molar-refractivity contribution in [3.05, 3.63) is 109 Å². The lowest BCUT2D eigenvalue weighted by atomic mass is 10.1. The summed E-state index contributed by atoms with van der Waals surface area (Å²) in [7, 11) is 0. The molecule has 0 bridgehead atoms. The number of rotatable bonds is 6. The van der Waals surface area contributed by atoms with Gasteiger partial charge in [0.25, 0.3) is 5.69 Å². The summed E-state index contributed by atoms with van der Waals surface area (Å²) in [4.78, 5) is 19.8. The van der Waals surface area contributed by atoms with Gasteiger partial charge in [-0.05, 0) is 36.2 Å². The molecular formula is C25H18Cl2N4O2S. The van der Waals surface area contributed by atoms with E-state index in [0.29, 0.717) is 22.3 Å². The van der Waals surface area contributed by atoms with E-state index in [0.717, 1.165) is 28.0 Å². The number of fused-ring (bicyclic) bond motifs is 1. The zero-order valence-corrected chi connectivity index (χ0v) is 20.1. The summed E-state index contributed by atoms with van der Waals surface area (Å²) in [5.74, 6) is 0. The molecule has 6 nitrogen and oxygen atoms in total. The minimum Gasteiger partial charge on any atom is -0.361 e. The first-order chi connectivity index (χ1) is 16.5. The van der Waals surface area contributed by atoms with Crippen LogP contribution >= 0.6 is 34.5 Å². The maximum absolute atomic E-state index is 11.3. The number of nitrogens with one attached hydrogen (secondary N) is 1. The first-order valence-electron chi connectivity index (χ1n) is 10.5. The van der Waals surface area contributed by atoms with Crippen LogP contribution in [0.15, 0.2) is 83.3 Å². The Morgan fingerprint density at radius 3 is 2.71 bits per heavy atom. The van der Waals surface area contributed by atoms with E-state index in [1.807, 2.05) is 35.8 Å². The van der Waals surface area contributed by atoms with Crippen LogP contribution in [0.5, 0.6) is 0 Å². The number of aromatic amines is 1. The Hall–Kier alpha value is -3.39. The highest BCUT2D eigenvalue weighted by Gasteiger charge is 2.13. The van der Waals surface area contributed by atoms with Crippen molar-refractivity contribution in [3.8, 4) is 11.3 Å². The Balaban J connectivity index is 1.59. The second-order valence-corrected chi connectivity index (χ2v) is 9.33. The summed E-state index contributed by atoms with van der Waals surface area (Å²) in [5.41, 5.74) is 4.65. The number of nitro groups is 1. The Morgan fingerprint density at radius 2 is 1.88 bits per heavy atom. The molecule has 1 N–H and O–H groups in total. The molecular weight excluding hydrogens is 491 g/mol. The van der Waals surface area contributed by atoms with Gasteiger partial charge in [-0.1, -0.05) is 53.5 Å². The van der Waals surface area contributed by atoms with Crippen molar-refractivity contribution >= 4 is 56.8 Å². The van der Waals surface area contributed by atoms with Gasteiger partial charge in [0.05, 0.1) is 26.3 Å². The van der Waals surface area contributed by atoms with Crippen molar-refractivity contribution in [2.45, 2.75) is 13.0 Å². The van der Waals surface area contributed by atoms with E-state index >= 15 is 0 Å². The van der Waals surface area contributed by atoms with Crippen molar-refractivity contribution in [2.24, 2.45) is 4.99 Å². The van der Waals surface area contributed by atoms with Crippen molar-refractivity contribution < 1.29 is 4.92 Å². The number of hydrogen-bond donors (Lipinski definition) is 1. The maximum Gasteiger partial charge on any atom is 0.270 e. The van der Waals surface area contributed by atoms with E-state index in [1.54, 1.807) is 24.3 Å². The largest absolute Gasteiger partial charge is 0.361 e. The Kier molecular flexibility index (Phi) is 6.24. The van der Waals surface area contributed by atoms with Crippen LogP contribution in [0.4, 0.5) is 11.4 Å². The standard InChI is InChI=1S/C25H18Cl2N4O2S/c26-21-9-8-18(13-22(21)27)29-25-30(11-10-17-14-28-23-7-2-1-6-20(17)23)24(15-34-25)16-4-3-5-19(12-16)31(32)33/h1-9,12-15,28H,10-11H2. The van der Waals surface area contributed by atoms with Gasteiger partial charge < -0.3 is 9.55 Å².